The molecular formula is C47H54N3+. The molecule has 0 aromatic heterocycles. The highest BCUT2D eigenvalue weighted by molar-refractivity contribution is 6.10. The van der Waals surface area contributed by atoms with Crippen molar-refractivity contribution in [1.29, 1.82) is 0 Å². The Morgan fingerprint density at radius 1 is 0.560 bits per heavy atom. The SMILES string of the molecule is CCN1/C(=C/C=C2\CCC/C(=C\C=C3\N(CC)c4ccc5ccccc5c4C3(C)C)C2=[N+]2CCCCC2)C(C)(C)c2c1ccc1ccccc21. The first-order valence-corrected chi connectivity index (χ1v) is 19.3. The van der Waals surface area contributed by atoms with E-state index in [1.807, 2.05) is 0 Å². The minimum Gasteiger partial charge on any atom is -0.344 e. The van der Waals surface area contributed by atoms with Gasteiger partial charge in [-0.1, -0.05) is 101 Å². The molecule has 0 atom stereocenters. The monoisotopic (exact) mass is 660 g/mol. The highest BCUT2D eigenvalue weighted by Gasteiger charge is 2.42. The number of hydrogen-bond acceptors (Lipinski definition) is 2. The van der Waals surface area contributed by atoms with Crippen molar-refractivity contribution in [3.05, 3.63) is 131 Å². The van der Waals surface area contributed by atoms with E-state index in [9.17, 15) is 0 Å². The van der Waals surface area contributed by atoms with Crippen LogP contribution in [-0.4, -0.2) is 36.5 Å². The van der Waals surface area contributed by atoms with Crippen LogP contribution in [0.1, 0.15) is 91.2 Å². The Balaban J connectivity index is 1.22. The molecule has 0 radical (unpaired) electrons. The highest BCUT2D eigenvalue weighted by atomic mass is 15.2. The van der Waals surface area contributed by atoms with E-state index < -0.39 is 0 Å². The number of fused-ring (bicyclic) bond motifs is 6. The zero-order valence-electron chi connectivity index (χ0n) is 31.2. The summed E-state index contributed by atoms with van der Waals surface area (Å²) >= 11 is 0. The quantitative estimate of drug-likeness (QED) is 0.202. The van der Waals surface area contributed by atoms with Crippen LogP contribution in [0.25, 0.3) is 21.5 Å². The van der Waals surface area contributed by atoms with Gasteiger partial charge in [-0.05, 0) is 96.5 Å². The van der Waals surface area contributed by atoms with E-state index in [4.69, 9.17) is 0 Å². The van der Waals surface area contributed by atoms with Gasteiger partial charge in [0, 0.05) is 70.7 Å². The maximum absolute atomic E-state index is 2.73. The molecular weight excluding hydrogens is 607 g/mol. The maximum Gasteiger partial charge on any atom is 0.206 e. The third-order valence-corrected chi connectivity index (χ3v) is 12.2. The molecule has 3 heterocycles. The van der Waals surface area contributed by atoms with Crippen LogP contribution >= 0.6 is 0 Å². The van der Waals surface area contributed by atoms with Crippen molar-refractivity contribution in [3.8, 4) is 0 Å². The number of benzene rings is 4. The lowest BCUT2D eigenvalue weighted by atomic mass is 9.80. The molecule has 0 amide bonds. The molecule has 1 saturated heterocycles. The van der Waals surface area contributed by atoms with Crippen molar-refractivity contribution in [1.82, 2.24) is 0 Å². The van der Waals surface area contributed by atoms with Crippen LogP contribution in [0.5, 0.6) is 0 Å². The first-order chi connectivity index (χ1) is 24.3. The van der Waals surface area contributed by atoms with E-state index in [1.165, 1.54) is 98.0 Å². The number of nitrogens with zero attached hydrogens (tertiary/aromatic N) is 3. The van der Waals surface area contributed by atoms with Crippen molar-refractivity contribution in [2.24, 2.45) is 0 Å². The fourth-order valence-corrected chi connectivity index (χ4v) is 9.87. The summed E-state index contributed by atoms with van der Waals surface area (Å²) < 4.78 is 2.73. The van der Waals surface area contributed by atoms with Crippen molar-refractivity contribution >= 4 is 38.6 Å². The third kappa shape index (κ3) is 5.19. The summed E-state index contributed by atoms with van der Waals surface area (Å²) in [7, 11) is 0. The van der Waals surface area contributed by atoms with Crippen LogP contribution in [0, 0.1) is 0 Å². The predicted molar refractivity (Wildman–Crippen MR) is 215 cm³/mol. The maximum atomic E-state index is 2.73. The molecule has 8 rings (SSSR count). The van der Waals surface area contributed by atoms with E-state index in [-0.39, 0.29) is 10.8 Å². The summed E-state index contributed by atoms with van der Waals surface area (Å²) in [6.07, 6.45) is 17.4. The van der Waals surface area contributed by atoms with Crippen molar-refractivity contribution in [3.63, 3.8) is 0 Å². The van der Waals surface area contributed by atoms with E-state index in [1.54, 1.807) is 0 Å². The van der Waals surface area contributed by atoms with Gasteiger partial charge in [0.1, 0.15) is 13.1 Å². The van der Waals surface area contributed by atoms with Gasteiger partial charge in [-0.25, -0.2) is 4.58 Å². The fraction of sp³-hybridized carbons (Fsp3) is 0.383. The van der Waals surface area contributed by atoms with E-state index in [0.717, 1.165) is 39.0 Å². The number of piperidine rings is 1. The third-order valence-electron chi connectivity index (χ3n) is 12.2. The van der Waals surface area contributed by atoms with Gasteiger partial charge in [0.05, 0.1) is 0 Å². The molecule has 0 N–H and O–H groups in total. The lowest BCUT2D eigenvalue weighted by Gasteiger charge is -2.27. The molecule has 4 aromatic carbocycles. The fourth-order valence-electron chi connectivity index (χ4n) is 9.87. The first-order valence-electron chi connectivity index (χ1n) is 19.3. The molecule has 0 unspecified atom stereocenters. The second-order valence-corrected chi connectivity index (χ2v) is 15.8. The second-order valence-electron chi connectivity index (χ2n) is 15.8. The van der Waals surface area contributed by atoms with Crippen LogP contribution in [-0.2, 0) is 10.8 Å². The van der Waals surface area contributed by atoms with E-state index in [2.05, 4.69) is 153 Å². The average molecular weight is 661 g/mol. The molecule has 1 aliphatic carbocycles. The van der Waals surface area contributed by atoms with Crippen molar-refractivity contribution in [2.75, 3.05) is 36.0 Å². The highest BCUT2D eigenvalue weighted by Crippen LogP contribution is 2.52. The lowest BCUT2D eigenvalue weighted by Crippen LogP contribution is -2.31. The van der Waals surface area contributed by atoms with Crippen LogP contribution in [0.15, 0.2) is 120 Å². The van der Waals surface area contributed by atoms with Crippen LogP contribution < -0.4 is 9.80 Å². The summed E-state index contributed by atoms with van der Waals surface area (Å²) in [4.78, 5) is 5.12. The number of likely N-dealkylation sites (N-methyl/N-ethyl adjacent to an activating group) is 2. The van der Waals surface area contributed by atoms with Crippen molar-refractivity contribution in [2.45, 2.75) is 90.9 Å². The Morgan fingerprint density at radius 2 is 1.02 bits per heavy atom. The topological polar surface area (TPSA) is 9.49 Å². The van der Waals surface area contributed by atoms with Gasteiger partial charge in [-0.15, -0.1) is 0 Å². The van der Waals surface area contributed by atoms with Gasteiger partial charge in [-0.3, -0.25) is 0 Å². The van der Waals surface area contributed by atoms with E-state index in [0.29, 0.717) is 0 Å². The van der Waals surface area contributed by atoms with E-state index >= 15 is 0 Å². The Bertz CT molecular complexity index is 2000. The molecule has 50 heavy (non-hydrogen) atoms. The number of allylic oxidation sites excluding steroid dienone is 8. The molecule has 3 aliphatic heterocycles. The van der Waals surface area contributed by atoms with Gasteiger partial charge in [0.15, 0.2) is 0 Å². The Kier molecular flexibility index (Phi) is 8.37. The summed E-state index contributed by atoms with van der Waals surface area (Å²) in [6, 6.07) is 27.1. The van der Waals surface area contributed by atoms with Gasteiger partial charge in [0.2, 0.25) is 5.71 Å². The Labute approximate surface area is 300 Å². The predicted octanol–water partition coefficient (Wildman–Crippen LogP) is 11.4. The Hall–Kier alpha value is -4.37. The average Bonchev–Trinajstić information content (AvgIpc) is 3.51. The molecule has 1 saturated carbocycles. The smallest absolute Gasteiger partial charge is 0.206 e. The van der Waals surface area contributed by atoms with Gasteiger partial charge < -0.3 is 9.80 Å². The standard InChI is InChI=1S/C47H54N3/c1-7-49-39-27-23-33-17-10-12-21-37(33)43(39)46(3,4)41(49)29-25-35-19-16-20-36(45(35)48-31-14-9-15-32-48)26-30-42-47(5,6)44-38-22-13-11-18-34(38)24-28-40(44)50(42)8-2/h10-13,17-18,21-30H,7-9,14-16,19-20,31-32H2,1-6H3/q+1. The Morgan fingerprint density at radius 3 is 1.48 bits per heavy atom. The van der Waals surface area contributed by atoms with Gasteiger partial charge >= 0.3 is 0 Å². The molecule has 2 fully saturated rings. The van der Waals surface area contributed by atoms with Crippen LogP contribution in [0.3, 0.4) is 0 Å². The number of anilines is 2. The molecule has 0 bridgehead atoms. The summed E-state index contributed by atoms with van der Waals surface area (Å²) in [6.45, 7) is 18.5. The second kappa shape index (κ2) is 12.7. The molecule has 256 valence electrons. The lowest BCUT2D eigenvalue weighted by molar-refractivity contribution is -0.536. The zero-order valence-corrected chi connectivity index (χ0v) is 31.2. The van der Waals surface area contributed by atoms with Crippen molar-refractivity contribution < 1.29 is 4.58 Å². The summed E-state index contributed by atoms with van der Waals surface area (Å²) in [5.41, 5.74) is 12.8. The molecule has 3 heteroatoms. The normalized spacial score (nSPS) is 23.2. The number of rotatable bonds is 4. The molecule has 0 spiro atoms. The molecule has 4 aliphatic rings. The minimum absolute atomic E-state index is 0.0802. The largest absolute Gasteiger partial charge is 0.344 e. The minimum atomic E-state index is -0.0802. The summed E-state index contributed by atoms with van der Waals surface area (Å²) in [5, 5.41) is 5.42. The summed E-state index contributed by atoms with van der Waals surface area (Å²) in [5.74, 6) is 0. The van der Waals surface area contributed by atoms with Gasteiger partial charge in [0.25, 0.3) is 0 Å². The van der Waals surface area contributed by atoms with Crippen LogP contribution in [0.2, 0.25) is 0 Å². The first kappa shape index (κ1) is 32.8. The number of hydrogen-bond donors (Lipinski definition) is 0. The molecule has 3 nitrogen and oxygen atoms in total. The zero-order chi connectivity index (χ0) is 34.6. The van der Waals surface area contributed by atoms with Crippen LogP contribution in [0.4, 0.5) is 11.4 Å². The van der Waals surface area contributed by atoms with Gasteiger partial charge in [-0.2, -0.15) is 0 Å². The molecule has 4 aromatic rings.